The normalized spacial score (nSPS) is 9.64. The molecule has 11 heavy (non-hydrogen) atoms. The topological polar surface area (TPSA) is 20.2 Å². The third-order valence-electron chi connectivity index (χ3n) is 1.44. The number of allylic oxidation sites excluding steroid dienone is 1. The standard InChI is InChI=1S/C9H9ClO/c1-6(2)7-3-4-9(11)8(10)5-7/h3-5,11H,1H2,2H3. The van der Waals surface area contributed by atoms with Crippen LogP contribution in [0.3, 0.4) is 0 Å². The Morgan fingerprint density at radius 3 is 2.64 bits per heavy atom. The van der Waals surface area contributed by atoms with Crippen molar-refractivity contribution in [2.24, 2.45) is 0 Å². The Morgan fingerprint density at radius 1 is 1.55 bits per heavy atom. The van der Waals surface area contributed by atoms with Gasteiger partial charge in [0.25, 0.3) is 0 Å². The van der Waals surface area contributed by atoms with E-state index in [-0.39, 0.29) is 5.75 Å². The van der Waals surface area contributed by atoms with Crippen LogP contribution in [-0.2, 0) is 0 Å². The van der Waals surface area contributed by atoms with Crippen molar-refractivity contribution in [3.05, 3.63) is 35.4 Å². The molecule has 0 aliphatic rings. The molecule has 1 nitrogen and oxygen atoms in total. The highest BCUT2D eigenvalue weighted by Crippen LogP contribution is 2.25. The maximum absolute atomic E-state index is 9.06. The maximum atomic E-state index is 9.06. The molecule has 1 N–H and O–H groups in total. The lowest BCUT2D eigenvalue weighted by molar-refractivity contribution is 0.475. The van der Waals surface area contributed by atoms with E-state index in [4.69, 9.17) is 16.7 Å². The predicted molar refractivity (Wildman–Crippen MR) is 47.8 cm³/mol. The minimum absolute atomic E-state index is 0.108. The van der Waals surface area contributed by atoms with Gasteiger partial charge >= 0.3 is 0 Å². The summed E-state index contributed by atoms with van der Waals surface area (Å²) < 4.78 is 0. The summed E-state index contributed by atoms with van der Waals surface area (Å²) in [5, 5.41) is 9.43. The van der Waals surface area contributed by atoms with Crippen molar-refractivity contribution in [1.82, 2.24) is 0 Å². The molecule has 0 bridgehead atoms. The fourth-order valence-corrected chi connectivity index (χ4v) is 0.953. The zero-order valence-electron chi connectivity index (χ0n) is 6.26. The molecule has 0 amide bonds. The monoisotopic (exact) mass is 168 g/mol. The van der Waals surface area contributed by atoms with E-state index in [1.807, 2.05) is 6.92 Å². The van der Waals surface area contributed by atoms with Crippen molar-refractivity contribution >= 4 is 17.2 Å². The van der Waals surface area contributed by atoms with Crippen molar-refractivity contribution in [2.75, 3.05) is 0 Å². The lowest BCUT2D eigenvalue weighted by atomic mass is 10.1. The fraction of sp³-hybridized carbons (Fsp3) is 0.111. The van der Waals surface area contributed by atoms with Crippen molar-refractivity contribution in [1.29, 1.82) is 0 Å². The molecule has 0 spiro atoms. The van der Waals surface area contributed by atoms with E-state index in [0.717, 1.165) is 11.1 Å². The highest BCUT2D eigenvalue weighted by Gasteiger charge is 1.98. The van der Waals surface area contributed by atoms with Crippen LogP contribution in [0.4, 0.5) is 0 Å². The first-order valence-electron chi connectivity index (χ1n) is 3.25. The maximum Gasteiger partial charge on any atom is 0.134 e. The van der Waals surface area contributed by atoms with Crippen molar-refractivity contribution in [3.63, 3.8) is 0 Å². The number of hydrogen-bond acceptors (Lipinski definition) is 1. The first-order valence-corrected chi connectivity index (χ1v) is 3.63. The molecular formula is C9H9ClO. The van der Waals surface area contributed by atoms with Gasteiger partial charge in [-0.3, -0.25) is 0 Å². The lowest BCUT2D eigenvalue weighted by Crippen LogP contribution is -1.77. The summed E-state index contributed by atoms with van der Waals surface area (Å²) in [5.74, 6) is 0.108. The highest BCUT2D eigenvalue weighted by molar-refractivity contribution is 6.32. The van der Waals surface area contributed by atoms with E-state index in [1.54, 1.807) is 18.2 Å². The molecule has 0 unspecified atom stereocenters. The van der Waals surface area contributed by atoms with Gasteiger partial charge in [-0.25, -0.2) is 0 Å². The summed E-state index contributed by atoms with van der Waals surface area (Å²) in [5.41, 5.74) is 1.89. The molecule has 0 fully saturated rings. The number of aromatic hydroxyl groups is 1. The van der Waals surface area contributed by atoms with Crippen LogP contribution in [-0.4, -0.2) is 5.11 Å². The Bertz CT molecular complexity index is 292. The van der Waals surface area contributed by atoms with Crippen LogP contribution >= 0.6 is 11.6 Å². The Morgan fingerprint density at radius 2 is 2.18 bits per heavy atom. The number of phenols is 1. The van der Waals surface area contributed by atoms with Crippen molar-refractivity contribution in [3.8, 4) is 5.75 Å². The lowest BCUT2D eigenvalue weighted by Gasteiger charge is -2.00. The number of hydrogen-bond donors (Lipinski definition) is 1. The van der Waals surface area contributed by atoms with Crippen LogP contribution in [0.15, 0.2) is 24.8 Å². The molecule has 0 heterocycles. The summed E-state index contributed by atoms with van der Waals surface area (Å²) in [7, 11) is 0. The molecule has 0 aliphatic carbocycles. The largest absolute Gasteiger partial charge is 0.506 e. The van der Waals surface area contributed by atoms with E-state index in [0.29, 0.717) is 5.02 Å². The van der Waals surface area contributed by atoms with Gasteiger partial charge in [-0.2, -0.15) is 0 Å². The molecular weight excluding hydrogens is 160 g/mol. The molecule has 0 aliphatic heterocycles. The highest BCUT2D eigenvalue weighted by atomic mass is 35.5. The number of phenolic OH excluding ortho intramolecular Hbond substituents is 1. The summed E-state index contributed by atoms with van der Waals surface area (Å²) in [6.45, 7) is 5.65. The zero-order valence-corrected chi connectivity index (χ0v) is 7.02. The predicted octanol–water partition coefficient (Wildman–Crippen LogP) is 3.08. The molecule has 1 aromatic rings. The van der Waals surface area contributed by atoms with Gasteiger partial charge in [0.1, 0.15) is 5.75 Å². The number of halogens is 1. The third-order valence-corrected chi connectivity index (χ3v) is 1.74. The molecule has 58 valence electrons. The van der Waals surface area contributed by atoms with Crippen LogP contribution in [0.1, 0.15) is 12.5 Å². The average molecular weight is 169 g/mol. The van der Waals surface area contributed by atoms with Gasteiger partial charge in [-0.05, 0) is 24.6 Å². The quantitative estimate of drug-likeness (QED) is 0.684. The van der Waals surface area contributed by atoms with Gasteiger partial charge in [0, 0.05) is 0 Å². The van der Waals surface area contributed by atoms with Gasteiger partial charge in [-0.15, -0.1) is 0 Å². The molecule has 1 rings (SSSR count). The van der Waals surface area contributed by atoms with Gasteiger partial charge in [-0.1, -0.05) is 29.8 Å². The van der Waals surface area contributed by atoms with Crippen molar-refractivity contribution in [2.45, 2.75) is 6.92 Å². The molecule has 1 aromatic carbocycles. The van der Waals surface area contributed by atoms with E-state index in [1.165, 1.54) is 0 Å². The first kappa shape index (κ1) is 8.15. The zero-order chi connectivity index (χ0) is 8.43. The molecule has 0 saturated carbocycles. The van der Waals surface area contributed by atoms with E-state index in [2.05, 4.69) is 6.58 Å². The molecule has 0 atom stereocenters. The Balaban J connectivity index is 3.15. The summed E-state index contributed by atoms with van der Waals surface area (Å²) in [6.07, 6.45) is 0. The number of rotatable bonds is 1. The second kappa shape index (κ2) is 2.97. The smallest absolute Gasteiger partial charge is 0.134 e. The van der Waals surface area contributed by atoms with Crippen LogP contribution < -0.4 is 0 Å². The first-order chi connectivity index (χ1) is 5.11. The van der Waals surface area contributed by atoms with E-state index >= 15 is 0 Å². The van der Waals surface area contributed by atoms with E-state index < -0.39 is 0 Å². The van der Waals surface area contributed by atoms with Gasteiger partial charge in [0.05, 0.1) is 5.02 Å². The van der Waals surface area contributed by atoms with Crippen molar-refractivity contribution < 1.29 is 5.11 Å². The molecule has 0 saturated heterocycles. The minimum Gasteiger partial charge on any atom is -0.506 e. The summed E-state index contributed by atoms with van der Waals surface area (Å²) >= 11 is 5.67. The van der Waals surface area contributed by atoms with Crippen LogP contribution in [0.5, 0.6) is 5.75 Å². The number of benzene rings is 1. The average Bonchev–Trinajstić information content (AvgIpc) is 1.94. The second-order valence-electron chi connectivity index (χ2n) is 2.45. The second-order valence-corrected chi connectivity index (χ2v) is 2.85. The Hall–Kier alpha value is -0.950. The third kappa shape index (κ3) is 1.75. The summed E-state index contributed by atoms with van der Waals surface area (Å²) in [4.78, 5) is 0. The molecule has 2 heteroatoms. The summed E-state index contributed by atoms with van der Waals surface area (Å²) in [6, 6.07) is 5.04. The minimum atomic E-state index is 0.108. The molecule has 0 aromatic heterocycles. The van der Waals surface area contributed by atoms with Gasteiger partial charge in [0.2, 0.25) is 0 Å². The Kier molecular flexibility index (Phi) is 2.20. The van der Waals surface area contributed by atoms with Crippen LogP contribution in [0, 0.1) is 0 Å². The van der Waals surface area contributed by atoms with Crippen LogP contribution in [0.25, 0.3) is 5.57 Å². The van der Waals surface area contributed by atoms with Gasteiger partial charge < -0.3 is 5.11 Å². The molecule has 0 radical (unpaired) electrons. The van der Waals surface area contributed by atoms with E-state index in [9.17, 15) is 0 Å². The SMILES string of the molecule is C=C(C)c1ccc(O)c(Cl)c1. The van der Waals surface area contributed by atoms with Gasteiger partial charge in [0.15, 0.2) is 0 Å². The fourth-order valence-electron chi connectivity index (χ4n) is 0.772. The van der Waals surface area contributed by atoms with Crippen LogP contribution in [0.2, 0.25) is 5.02 Å². The Labute approximate surface area is 70.9 Å².